The number of likely N-dealkylation sites (tertiary alicyclic amines) is 1. The Morgan fingerprint density at radius 3 is 1.86 bits per heavy atom. The molecular weight excluding hydrogens is 482 g/mol. The average molecular weight is 512 g/mol. The number of rotatable bonds is 8. The van der Waals surface area contributed by atoms with Gasteiger partial charge in [0.25, 0.3) is 5.91 Å². The highest BCUT2D eigenvalue weighted by Gasteiger charge is 2.26. The van der Waals surface area contributed by atoms with Crippen molar-refractivity contribution in [3.63, 3.8) is 0 Å². The number of hydrogen-bond acceptors (Lipinski definition) is 9. The summed E-state index contributed by atoms with van der Waals surface area (Å²) in [6.45, 7) is 3.97. The highest BCUT2D eigenvalue weighted by atomic mass is 16.6. The molecule has 1 amide bonds. The van der Waals surface area contributed by atoms with Gasteiger partial charge in [0, 0.05) is 33.9 Å². The molecule has 0 N–H and O–H groups in total. The molecule has 0 saturated carbocycles. The van der Waals surface area contributed by atoms with Gasteiger partial charge in [-0.25, -0.2) is 4.79 Å². The zero-order valence-electron chi connectivity index (χ0n) is 21.0. The van der Waals surface area contributed by atoms with E-state index in [9.17, 15) is 24.0 Å². The van der Waals surface area contributed by atoms with Gasteiger partial charge < -0.3 is 23.8 Å². The molecule has 0 bridgehead atoms. The number of ether oxygens (including phenoxy) is 4. The van der Waals surface area contributed by atoms with Crippen LogP contribution in [-0.4, -0.2) is 54.4 Å². The van der Waals surface area contributed by atoms with Gasteiger partial charge >= 0.3 is 23.9 Å². The van der Waals surface area contributed by atoms with Crippen LogP contribution >= 0.6 is 0 Å². The summed E-state index contributed by atoms with van der Waals surface area (Å²) in [5.74, 6) is -4.05. The standard InChI is InChI=1S/C27H29NO9/c1-17(29)35-23-14-22(15-24(36-18(2)30)26(23)37-19(3)31)27(33)34-16-25(32)28-11-9-21(10-12-28)13-20-7-5-4-6-8-20/h4-8,14-15,21H,9-13,16H2,1-3H3. The maximum Gasteiger partial charge on any atom is 0.338 e. The van der Waals surface area contributed by atoms with Gasteiger partial charge in [0.05, 0.1) is 5.56 Å². The predicted molar refractivity (Wildman–Crippen MR) is 130 cm³/mol. The number of benzene rings is 2. The zero-order chi connectivity index (χ0) is 26.9. The van der Waals surface area contributed by atoms with E-state index in [1.54, 1.807) is 4.90 Å². The predicted octanol–water partition coefficient (Wildman–Crippen LogP) is 3.10. The summed E-state index contributed by atoms with van der Waals surface area (Å²) < 4.78 is 20.3. The molecule has 10 heteroatoms. The summed E-state index contributed by atoms with van der Waals surface area (Å²) in [6.07, 6.45) is 2.66. The summed E-state index contributed by atoms with van der Waals surface area (Å²) in [4.78, 5) is 61.6. The molecule has 0 aliphatic carbocycles. The van der Waals surface area contributed by atoms with Gasteiger partial charge in [0.1, 0.15) is 0 Å². The Labute approximate surface area is 214 Å². The van der Waals surface area contributed by atoms with Gasteiger partial charge in [-0.15, -0.1) is 0 Å². The SMILES string of the molecule is CC(=O)Oc1cc(C(=O)OCC(=O)N2CCC(Cc3ccccc3)CC2)cc(OC(C)=O)c1OC(C)=O. The quantitative estimate of drug-likeness (QED) is 0.388. The van der Waals surface area contributed by atoms with Crippen LogP contribution in [0.5, 0.6) is 17.2 Å². The Hall–Kier alpha value is -4.21. The van der Waals surface area contributed by atoms with Crippen molar-refractivity contribution < 1.29 is 42.9 Å². The van der Waals surface area contributed by atoms with Crippen LogP contribution in [0, 0.1) is 5.92 Å². The molecule has 0 aromatic heterocycles. The Morgan fingerprint density at radius 1 is 0.811 bits per heavy atom. The fourth-order valence-electron chi connectivity index (χ4n) is 4.04. The van der Waals surface area contributed by atoms with Crippen molar-refractivity contribution >= 4 is 29.8 Å². The van der Waals surface area contributed by atoms with Crippen molar-refractivity contribution in [2.45, 2.75) is 40.0 Å². The highest BCUT2D eigenvalue weighted by Crippen LogP contribution is 2.39. The fourth-order valence-corrected chi connectivity index (χ4v) is 4.04. The summed E-state index contributed by atoms with van der Waals surface area (Å²) in [7, 11) is 0. The Balaban J connectivity index is 1.64. The zero-order valence-corrected chi connectivity index (χ0v) is 21.0. The number of piperidine rings is 1. The molecule has 3 rings (SSSR count). The third-order valence-electron chi connectivity index (χ3n) is 5.67. The number of amides is 1. The lowest BCUT2D eigenvalue weighted by atomic mass is 9.90. The number of nitrogens with zero attached hydrogens (tertiary/aromatic N) is 1. The van der Waals surface area contributed by atoms with Gasteiger partial charge in [-0.05, 0) is 42.9 Å². The second-order valence-electron chi connectivity index (χ2n) is 8.67. The molecule has 2 aromatic carbocycles. The van der Waals surface area contributed by atoms with E-state index in [0.29, 0.717) is 19.0 Å². The first-order valence-electron chi connectivity index (χ1n) is 11.8. The van der Waals surface area contributed by atoms with Crippen molar-refractivity contribution in [1.82, 2.24) is 4.90 Å². The molecule has 1 heterocycles. The van der Waals surface area contributed by atoms with E-state index < -0.39 is 30.5 Å². The van der Waals surface area contributed by atoms with Crippen molar-refractivity contribution in [1.29, 1.82) is 0 Å². The second kappa shape index (κ2) is 12.7. The lowest BCUT2D eigenvalue weighted by Gasteiger charge is -2.32. The van der Waals surface area contributed by atoms with Crippen LogP contribution in [0.4, 0.5) is 0 Å². The van der Waals surface area contributed by atoms with Crippen molar-refractivity contribution in [2.24, 2.45) is 5.92 Å². The molecule has 0 unspecified atom stereocenters. The first-order chi connectivity index (χ1) is 17.6. The topological polar surface area (TPSA) is 126 Å². The maximum atomic E-state index is 12.7. The average Bonchev–Trinajstić information content (AvgIpc) is 2.84. The first-order valence-corrected chi connectivity index (χ1v) is 11.8. The van der Waals surface area contributed by atoms with Crippen LogP contribution < -0.4 is 14.2 Å². The summed E-state index contributed by atoms with van der Waals surface area (Å²) in [5, 5.41) is 0. The summed E-state index contributed by atoms with van der Waals surface area (Å²) in [6, 6.07) is 12.4. The van der Waals surface area contributed by atoms with Gasteiger partial charge in [-0.2, -0.15) is 0 Å². The van der Waals surface area contributed by atoms with E-state index >= 15 is 0 Å². The molecule has 10 nitrogen and oxygen atoms in total. The van der Waals surface area contributed by atoms with Crippen molar-refractivity contribution in [3.8, 4) is 17.2 Å². The molecule has 37 heavy (non-hydrogen) atoms. The first kappa shape index (κ1) is 27.4. The third-order valence-corrected chi connectivity index (χ3v) is 5.67. The molecule has 1 aliphatic heterocycles. The molecule has 1 aliphatic rings. The molecular formula is C27H29NO9. The van der Waals surface area contributed by atoms with Crippen LogP contribution in [0.2, 0.25) is 0 Å². The Bertz CT molecular complexity index is 1130. The fraction of sp³-hybridized carbons (Fsp3) is 0.370. The lowest BCUT2D eigenvalue weighted by molar-refractivity contribution is -0.136. The Morgan fingerprint density at radius 2 is 1.35 bits per heavy atom. The molecule has 0 spiro atoms. The van der Waals surface area contributed by atoms with E-state index in [1.807, 2.05) is 18.2 Å². The Kier molecular flexibility index (Phi) is 9.37. The smallest absolute Gasteiger partial charge is 0.338 e. The molecule has 196 valence electrons. The molecule has 1 saturated heterocycles. The van der Waals surface area contributed by atoms with E-state index in [-0.39, 0.29) is 28.7 Å². The number of esters is 4. The number of carbonyl (C=O) groups is 5. The summed E-state index contributed by atoms with van der Waals surface area (Å²) in [5.41, 5.74) is 1.10. The van der Waals surface area contributed by atoms with E-state index in [1.165, 1.54) is 5.56 Å². The van der Waals surface area contributed by atoms with Gasteiger partial charge in [-0.3, -0.25) is 19.2 Å². The van der Waals surface area contributed by atoms with Crippen LogP contribution in [-0.2, 0) is 30.3 Å². The minimum Gasteiger partial charge on any atom is -0.452 e. The second-order valence-corrected chi connectivity index (χ2v) is 8.67. The van der Waals surface area contributed by atoms with Gasteiger partial charge in [0.15, 0.2) is 18.1 Å². The minimum absolute atomic E-state index is 0.169. The molecule has 2 aromatic rings. The molecule has 0 radical (unpaired) electrons. The lowest BCUT2D eigenvalue weighted by Crippen LogP contribution is -2.41. The van der Waals surface area contributed by atoms with Crippen LogP contribution in [0.15, 0.2) is 42.5 Å². The maximum absolute atomic E-state index is 12.7. The summed E-state index contributed by atoms with van der Waals surface area (Å²) >= 11 is 0. The van der Waals surface area contributed by atoms with Gasteiger partial charge in [-0.1, -0.05) is 30.3 Å². The van der Waals surface area contributed by atoms with Crippen molar-refractivity contribution in [3.05, 3.63) is 53.6 Å². The van der Waals surface area contributed by atoms with Crippen LogP contribution in [0.1, 0.15) is 49.5 Å². The third kappa shape index (κ3) is 8.16. The highest BCUT2D eigenvalue weighted by molar-refractivity contribution is 5.93. The monoisotopic (exact) mass is 511 g/mol. The van der Waals surface area contributed by atoms with E-state index in [0.717, 1.165) is 52.2 Å². The van der Waals surface area contributed by atoms with Gasteiger partial charge in [0.2, 0.25) is 5.75 Å². The van der Waals surface area contributed by atoms with E-state index in [4.69, 9.17) is 18.9 Å². The van der Waals surface area contributed by atoms with Crippen molar-refractivity contribution in [2.75, 3.05) is 19.7 Å². The number of carbonyl (C=O) groups excluding carboxylic acids is 5. The van der Waals surface area contributed by atoms with Crippen LogP contribution in [0.3, 0.4) is 0 Å². The normalized spacial score (nSPS) is 13.4. The largest absolute Gasteiger partial charge is 0.452 e. The van der Waals surface area contributed by atoms with E-state index in [2.05, 4.69) is 12.1 Å². The van der Waals surface area contributed by atoms with Crippen LogP contribution in [0.25, 0.3) is 0 Å². The number of hydrogen-bond donors (Lipinski definition) is 0. The molecule has 1 fully saturated rings. The minimum atomic E-state index is -0.913. The molecule has 0 atom stereocenters.